The SMILES string of the molecule is CC1(C)CCC(COc2cccc(Cl)c2C(=O)O)O1. The summed E-state index contributed by atoms with van der Waals surface area (Å²) in [6, 6.07) is 4.81. The van der Waals surface area contributed by atoms with Crippen molar-refractivity contribution in [1.29, 1.82) is 0 Å². The van der Waals surface area contributed by atoms with Crippen LogP contribution in [0.2, 0.25) is 5.02 Å². The number of aromatic carboxylic acids is 1. The number of rotatable bonds is 4. The summed E-state index contributed by atoms with van der Waals surface area (Å²) >= 11 is 5.87. The van der Waals surface area contributed by atoms with Crippen LogP contribution < -0.4 is 4.74 Å². The predicted octanol–water partition coefficient (Wildman–Crippen LogP) is 3.37. The van der Waals surface area contributed by atoms with Crippen LogP contribution in [0, 0.1) is 0 Å². The average Bonchev–Trinajstić information content (AvgIpc) is 2.66. The Morgan fingerprint density at radius 1 is 1.58 bits per heavy atom. The first kappa shape index (κ1) is 14.2. The monoisotopic (exact) mass is 284 g/mol. The lowest BCUT2D eigenvalue weighted by Crippen LogP contribution is -2.24. The average molecular weight is 285 g/mol. The Hall–Kier alpha value is -1.26. The van der Waals surface area contributed by atoms with E-state index in [4.69, 9.17) is 26.2 Å². The molecule has 0 amide bonds. The number of carbonyl (C=O) groups is 1. The van der Waals surface area contributed by atoms with Crippen LogP contribution in [-0.2, 0) is 4.74 Å². The van der Waals surface area contributed by atoms with Gasteiger partial charge in [-0.1, -0.05) is 17.7 Å². The largest absolute Gasteiger partial charge is 0.490 e. The number of ether oxygens (including phenoxy) is 2. The highest BCUT2D eigenvalue weighted by Crippen LogP contribution is 2.31. The molecule has 104 valence electrons. The van der Waals surface area contributed by atoms with Crippen molar-refractivity contribution in [1.82, 2.24) is 0 Å². The van der Waals surface area contributed by atoms with Crippen LogP contribution in [0.3, 0.4) is 0 Å². The summed E-state index contributed by atoms with van der Waals surface area (Å²) in [5.41, 5.74) is -0.126. The van der Waals surface area contributed by atoms with Gasteiger partial charge >= 0.3 is 5.97 Å². The van der Waals surface area contributed by atoms with Crippen molar-refractivity contribution >= 4 is 17.6 Å². The highest BCUT2D eigenvalue weighted by Gasteiger charge is 2.32. The first-order valence-electron chi connectivity index (χ1n) is 6.21. The van der Waals surface area contributed by atoms with Gasteiger partial charge in [0.2, 0.25) is 0 Å². The molecule has 0 radical (unpaired) electrons. The van der Waals surface area contributed by atoms with E-state index in [0.29, 0.717) is 6.61 Å². The molecule has 1 aromatic rings. The van der Waals surface area contributed by atoms with Crippen molar-refractivity contribution in [3.05, 3.63) is 28.8 Å². The molecule has 1 N–H and O–H groups in total. The molecule has 1 fully saturated rings. The second-order valence-electron chi connectivity index (χ2n) is 5.27. The minimum absolute atomic E-state index is 0.00132. The smallest absolute Gasteiger partial charge is 0.341 e. The fourth-order valence-electron chi connectivity index (χ4n) is 2.21. The second kappa shape index (κ2) is 5.39. The summed E-state index contributed by atoms with van der Waals surface area (Å²) in [4.78, 5) is 11.1. The van der Waals surface area contributed by atoms with Crippen LogP contribution in [0.1, 0.15) is 37.0 Å². The van der Waals surface area contributed by atoms with Crippen LogP contribution in [0.5, 0.6) is 5.75 Å². The molecule has 5 heteroatoms. The van der Waals surface area contributed by atoms with Gasteiger partial charge < -0.3 is 14.6 Å². The fourth-order valence-corrected chi connectivity index (χ4v) is 2.46. The van der Waals surface area contributed by atoms with E-state index < -0.39 is 5.97 Å². The summed E-state index contributed by atoms with van der Waals surface area (Å²) in [5, 5.41) is 9.30. The van der Waals surface area contributed by atoms with Gasteiger partial charge in [-0.05, 0) is 38.8 Å². The highest BCUT2D eigenvalue weighted by atomic mass is 35.5. The van der Waals surface area contributed by atoms with Crippen molar-refractivity contribution in [3.8, 4) is 5.75 Å². The third-order valence-corrected chi connectivity index (χ3v) is 3.48. The summed E-state index contributed by atoms with van der Waals surface area (Å²) in [6.07, 6.45) is 1.88. The minimum Gasteiger partial charge on any atom is -0.490 e. The van der Waals surface area contributed by atoms with E-state index in [1.165, 1.54) is 6.07 Å². The molecule has 1 aromatic carbocycles. The summed E-state index contributed by atoms with van der Waals surface area (Å²) < 4.78 is 11.4. The van der Waals surface area contributed by atoms with E-state index in [-0.39, 0.29) is 28.0 Å². The molecule has 1 aliphatic rings. The lowest BCUT2D eigenvalue weighted by Gasteiger charge is -2.19. The maximum atomic E-state index is 11.1. The van der Waals surface area contributed by atoms with Crippen molar-refractivity contribution in [3.63, 3.8) is 0 Å². The summed E-state index contributed by atoms with van der Waals surface area (Å²) in [7, 11) is 0. The van der Waals surface area contributed by atoms with Gasteiger partial charge in [0.05, 0.1) is 16.7 Å². The number of carboxylic acids is 1. The Balaban J connectivity index is 2.04. The molecule has 1 aliphatic heterocycles. The molecular weight excluding hydrogens is 268 g/mol. The van der Waals surface area contributed by atoms with E-state index in [1.54, 1.807) is 12.1 Å². The first-order valence-corrected chi connectivity index (χ1v) is 6.59. The molecule has 0 saturated carbocycles. The van der Waals surface area contributed by atoms with Gasteiger partial charge in [0.25, 0.3) is 0 Å². The molecule has 0 bridgehead atoms. The molecule has 0 spiro atoms. The zero-order valence-electron chi connectivity index (χ0n) is 11.0. The van der Waals surface area contributed by atoms with Crippen LogP contribution in [-0.4, -0.2) is 29.4 Å². The lowest BCUT2D eigenvalue weighted by molar-refractivity contribution is -0.0328. The Kier molecular flexibility index (Phi) is 4.02. The molecule has 1 saturated heterocycles. The van der Waals surface area contributed by atoms with E-state index in [1.807, 2.05) is 13.8 Å². The van der Waals surface area contributed by atoms with Gasteiger partial charge in [-0.2, -0.15) is 0 Å². The van der Waals surface area contributed by atoms with E-state index in [0.717, 1.165) is 12.8 Å². The van der Waals surface area contributed by atoms with E-state index >= 15 is 0 Å². The van der Waals surface area contributed by atoms with Crippen molar-refractivity contribution in [2.45, 2.75) is 38.4 Å². The van der Waals surface area contributed by atoms with Crippen LogP contribution in [0.25, 0.3) is 0 Å². The molecule has 1 atom stereocenters. The van der Waals surface area contributed by atoms with Gasteiger partial charge in [-0.3, -0.25) is 0 Å². The maximum Gasteiger partial charge on any atom is 0.341 e. The third-order valence-electron chi connectivity index (χ3n) is 3.17. The van der Waals surface area contributed by atoms with Gasteiger partial charge in [-0.15, -0.1) is 0 Å². The maximum absolute atomic E-state index is 11.1. The van der Waals surface area contributed by atoms with Gasteiger partial charge in [0.1, 0.15) is 17.9 Å². The van der Waals surface area contributed by atoms with Crippen molar-refractivity contribution in [2.24, 2.45) is 0 Å². The number of hydrogen-bond acceptors (Lipinski definition) is 3. The number of carboxylic acid groups (broad SMARTS) is 1. The number of halogens is 1. The van der Waals surface area contributed by atoms with E-state index in [2.05, 4.69) is 0 Å². The molecule has 0 aromatic heterocycles. The lowest BCUT2D eigenvalue weighted by atomic mass is 10.1. The Bertz CT molecular complexity index is 484. The van der Waals surface area contributed by atoms with Crippen molar-refractivity contribution < 1.29 is 19.4 Å². The van der Waals surface area contributed by atoms with Gasteiger partial charge in [0, 0.05) is 0 Å². The quantitative estimate of drug-likeness (QED) is 0.921. The Morgan fingerprint density at radius 3 is 2.89 bits per heavy atom. The topological polar surface area (TPSA) is 55.8 Å². The first-order chi connectivity index (χ1) is 8.89. The molecule has 1 heterocycles. The number of hydrogen-bond donors (Lipinski definition) is 1. The highest BCUT2D eigenvalue weighted by molar-refractivity contribution is 6.33. The number of benzene rings is 1. The Morgan fingerprint density at radius 2 is 2.32 bits per heavy atom. The molecule has 4 nitrogen and oxygen atoms in total. The van der Waals surface area contributed by atoms with E-state index in [9.17, 15) is 4.79 Å². The normalized spacial score (nSPS) is 21.3. The van der Waals surface area contributed by atoms with Crippen LogP contribution in [0.4, 0.5) is 0 Å². The van der Waals surface area contributed by atoms with Gasteiger partial charge in [-0.25, -0.2) is 4.79 Å². The third kappa shape index (κ3) is 3.39. The van der Waals surface area contributed by atoms with Crippen LogP contribution in [0.15, 0.2) is 18.2 Å². The Labute approximate surface area is 117 Å². The molecule has 0 aliphatic carbocycles. The summed E-state index contributed by atoms with van der Waals surface area (Å²) in [5.74, 6) is -0.804. The van der Waals surface area contributed by atoms with Crippen molar-refractivity contribution in [2.75, 3.05) is 6.61 Å². The zero-order valence-corrected chi connectivity index (χ0v) is 11.7. The molecule has 1 unspecified atom stereocenters. The predicted molar refractivity (Wildman–Crippen MR) is 72.1 cm³/mol. The van der Waals surface area contributed by atoms with Crippen LogP contribution >= 0.6 is 11.6 Å². The second-order valence-corrected chi connectivity index (χ2v) is 5.67. The molecule has 19 heavy (non-hydrogen) atoms. The summed E-state index contributed by atoms with van der Waals surface area (Å²) in [6.45, 7) is 4.41. The molecule has 2 rings (SSSR count). The minimum atomic E-state index is -1.09. The standard InChI is InChI=1S/C14H17ClO4/c1-14(2)7-6-9(19-14)8-18-11-5-3-4-10(15)12(11)13(16)17/h3-5,9H,6-8H2,1-2H3,(H,16,17). The zero-order chi connectivity index (χ0) is 14.0. The fraction of sp³-hybridized carbons (Fsp3) is 0.500. The van der Waals surface area contributed by atoms with Gasteiger partial charge in [0.15, 0.2) is 0 Å². The molecular formula is C14H17ClO4.